The van der Waals surface area contributed by atoms with Gasteiger partial charge in [0, 0.05) is 22.5 Å². The van der Waals surface area contributed by atoms with Crippen LogP contribution in [-0.2, 0) is 15.0 Å². The van der Waals surface area contributed by atoms with Crippen LogP contribution in [0.15, 0.2) is 12.3 Å². The third-order valence-electron chi connectivity index (χ3n) is 3.18. The molecule has 1 fully saturated rings. The summed E-state index contributed by atoms with van der Waals surface area (Å²) in [4.78, 5) is 29.0. The standard InChI is InChI=1S/C16H19N3O2S/c1-16(2,3)15-18-9-11(22-15)6-7-13(20)12(8-17)14(21)19-10-4-5-10/h6-7,9-10,12H,4-5H2,1-3H3,(H,19,21). The number of carbonyl (C=O) groups is 2. The van der Waals surface area contributed by atoms with Gasteiger partial charge in [-0.25, -0.2) is 4.98 Å². The Kier molecular flexibility index (Phi) is 4.77. The summed E-state index contributed by atoms with van der Waals surface area (Å²) in [5.41, 5.74) is -0.0416. The van der Waals surface area contributed by atoms with Crippen LogP contribution >= 0.6 is 11.3 Å². The van der Waals surface area contributed by atoms with E-state index >= 15 is 0 Å². The Morgan fingerprint density at radius 1 is 1.50 bits per heavy atom. The number of amides is 1. The number of nitriles is 1. The van der Waals surface area contributed by atoms with Gasteiger partial charge in [-0.15, -0.1) is 11.3 Å². The van der Waals surface area contributed by atoms with E-state index in [-0.39, 0.29) is 11.5 Å². The van der Waals surface area contributed by atoms with E-state index in [0.717, 1.165) is 22.7 Å². The van der Waals surface area contributed by atoms with Crippen LogP contribution < -0.4 is 5.32 Å². The molecule has 1 aromatic rings. The van der Waals surface area contributed by atoms with Gasteiger partial charge in [-0.05, 0) is 25.0 Å². The molecule has 1 unspecified atom stereocenters. The summed E-state index contributed by atoms with van der Waals surface area (Å²) in [7, 11) is 0. The molecular weight excluding hydrogens is 298 g/mol. The van der Waals surface area contributed by atoms with E-state index in [1.165, 1.54) is 17.4 Å². The maximum absolute atomic E-state index is 12.0. The van der Waals surface area contributed by atoms with E-state index < -0.39 is 17.6 Å². The number of hydrogen-bond donors (Lipinski definition) is 1. The predicted molar refractivity (Wildman–Crippen MR) is 85.1 cm³/mol. The van der Waals surface area contributed by atoms with Crippen molar-refractivity contribution in [2.75, 3.05) is 0 Å². The van der Waals surface area contributed by atoms with Crippen LogP contribution in [0.2, 0.25) is 0 Å². The lowest BCUT2D eigenvalue weighted by atomic mass is 9.98. The van der Waals surface area contributed by atoms with Gasteiger partial charge in [0.25, 0.3) is 0 Å². The molecule has 6 heteroatoms. The summed E-state index contributed by atoms with van der Waals surface area (Å²) in [5, 5.41) is 12.7. The molecule has 22 heavy (non-hydrogen) atoms. The highest BCUT2D eigenvalue weighted by Gasteiger charge is 2.30. The summed E-state index contributed by atoms with van der Waals surface area (Å²) >= 11 is 1.50. The molecule has 0 aliphatic heterocycles. The molecule has 0 radical (unpaired) electrons. The Morgan fingerprint density at radius 3 is 2.68 bits per heavy atom. The molecule has 5 nitrogen and oxygen atoms in total. The molecule has 1 aliphatic carbocycles. The van der Waals surface area contributed by atoms with Gasteiger partial charge in [-0.2, -0.15) is 5.26 Å². The first-order valence-electron chi connectivity index (χ1n) is 7.19. The average Bonchev–Trinajstić information content (AvgIpc) is 3.09. The fraction of sp³-hybridized carbons (Fsp3) is 0.500. The summed E-state index contributed by atoms with van der Waals surface area (Å²) in [5.74, 6) is -2.27. The second kappa shape index (κ2) is 6.41. The summed E-state index contributed by atoms with van der Waals surface area (Å²) in [6, 6.07) is 1.91. The third kappa shape index (κ3) is 4.25. The van der Waals surface area contributed by atoms with Gasteiger partial charge >= 0.3 is 0 Å². The van der Waals surface area contributed by atoms with Gasteiger partial charge in [0.2, 0.25) is 5.91 Å². The number of allylic oxidation sites excluding steroid dienone is 1. The van der Waals surface area contributed by atoms with Crippen LogP contribution in [0.1, 0.15) is 43.5 Å². The Balaban J connectivity index is 2.01. The van der Waals surface area contributed by atoms with Crippen molar-refractivity contribution in [1.29, 1.82) is 5.26 Å². The van der Waals surface area contributed by atoms with Gasteiger partial charge < -0.3 is 5.32 Å². The van der Waals surface area contributed by atoms with Crippen molar-refractivity contribution < 1.29 is 9.59 Å². The molecule has 116 valence electrons. The van der Waals surface area contributed by atoms with Crippen LogP contribution in [0.3, 0.4) is 0 Å². The number of thiazole rings is 1. The molecule has 1 atom stereocenters. The third-order valence-corrected chi connectivity index (χ3v) is 4.56. The van der Waals surface area contributed by atoms with Crippen LogP contribution in [0.5, 0.6) is 0 Å². The highest BCUT2D eigenvalue weighted by Crippen LogP contribution is 2.27. The topological polar surface area (TPSA) is 82.8 Å². The Hall–Kier alpha value is -2.00. The Labute approximate surface area is 134 Å². The second-order valence-electron chi connectivity index (χ2n) is 6.40. The van der Waals surface area contributed by atoms with E-state index in [4.69, 9.17) is 5.26 Å². The fourth-order valence-electron chi connectivity index (χ4n) is 1.73. The number of nitrogens with zero attached hydrogens (tertiary/aromatic N) is 2. The zero-order chi connectivity index (χ0) is 16.3. The molecule has 1 heterocycles. The fourth-order valence-corrected chi connectivity index (χ4v) is 2.61. The smallest absolute Gasteiger partial charge is 0.245 e. The zero-order valence-corrected chi connectivity index (χ0v) is 13.7. The first kappa shape index (κ1) is 16.4. The van der Waals surface area contributed by atoms with Crippen molar-refractivity contribution in [3.8, 4) is 6.07 Å². The maximum Gasteiger partial charge on any atom is 0.245 e. The first-order chi connectivity index (χ1) is 10.3. The van der Waals surface area contributed by atoms with Gasteiger partial charge in [-0.3, -0.25) is 9.59 Å². The lowest BCUT2D eigenvalue weighted by Gasteiger charge is -2.13. The number of nitrogens with one attached hydrogen (secondary N) is 1. The molecule has 0 bridgehead atoms. The van der Waals surface area contributed by atoms with Crippen molar-refractivity contribution in [1.82, 2.24) is 10.3 Å². The van der Waals surface area contributed by atoms with Crippen LogP contribution in [0.25, 0.3) is 6.08 Å². The maximum atomic E-state index is 12.0. The van der Waals surface area contributed by atoms with Gasteiger partial charge in [-0.1, -0.05) is 20.8 Å². The summed E-state index contributed by atoms with van der Waals surface area (Å²) < 4.78 is 0. The predicted octanol–water partition coefficient (Wildman–Crippen LogP) is 2.44. The van der Waals surface area contributed by atoms with Gasteiger partial charge in [0.05, 0.1) is 11.1 Å². The lowest BCUT2D eigenvalue weighted by molar-refractivity contribution is -0.129. The second-order valence-corrected chi connectivity index (χ2v) is 7.46. The number of ketones is 1. The van der Waals surface area contributed by atoms with E-state index in [9.17, 15) is 9.59 Å². The minimum absolute atomic E-state index is 0.0416. The van der Waals surface area contributed by atoms with Crippen molar-refractivity contribution >= 4 is 29.1 Å². The average molecular weight is 317 g/mol. The molecule has 1 saturated carbocycles. The molecule has 2 rings (SSSR count). The molecular formula is C16H19N3O2S. The van der Waals surface area contributed by atoms with Gasteiger partial charge in [0.15, 0.2) is 11.7 Å². The van der Waals surface area contributed by atoms with Crippen molar-refractivity contribution in [2.45, 2.75) is 45.1 Å². The van der Waals surface area contributed by atoms with Crippen LogP contribution in [0.4, 0.5) is 0 Å². The summed E-state index contributed by atoms with van der Waals surface area (Å²) in [6.07, 6.45) is 6.44. The van der Waals surface area contributed by atoms with Crippen molar-refractivity contribution in [2.24, 2.45) is 5.92 Å². The highest BCUT2D eigenvalue weighted by atomic mass is 32.1. The quantitative estimate of drug-likeness (QED) is 0.668. The largest absolute Gasteiger partial charge is 0.352 e. The number of rotatable bonds is 5. The van der Waals surface area contributed by atoms with E-state index in [1.807, 2.05) is 0 Å². The number of carbonyl (C=O) groups excluding carboxylic acids is 2. The number of hydrogen-bond acceptors (Lipinski definition) is 5. The minimum atomic E-state index is -1.27. The normalized spacial score (nSPS) is 16.3. The van der Waals surface area contributed by atoms with Crippen LogP contribution in [-0.4, -0.2) is 22.7 Å². The monoisotopic (exact) mass is 317 g/mol. The van der Waals surface area contributed by atoms with Crippen LogP contribution in [0, 0.1) is 17.2 Å². The van der Waals surface area contributed by atoms with E-state index in [0.29, 0.717) is 0 Å². The van der Waals surface area contributed by atoms with E-state index in [2.05, 4.69) is 31.1 Å². The Morgan fingerprint density at radius 2 is 2.18 bits per heavy atom. The molecule has 0 spiro atoms. The molecule has 1 N–H and O–H groups in total. The molecule has 1 amide bonds. The molecule has 1 aromatic heterocycles. The summed E-state index contributed by atoms with van der Waals surface area (Å²) in [6.45, 7) is 6.20. The van der Waals surface area contributed by atoms with Crippen molar-refractivity contribution in [3.63, 3.8) is 0 Å². The first-order valence-corrected chi connectivity index (χ1v) is 8.01. The molecule has 0 saturated heterocycles. The SMILES string of the molecule is CC(C)(C)c1ncc(C=CC(=O)C(C#N)C(=O)NC2CC2)s1. The molecule has 0 aromatic carbocycles. The lowest BCUT2D eigenvalue weighted by Crippen LogP contribution is -2.35. The highest BCUT2D eigenvalue weighted by molar-refractivity contribution is 7.12. The van der Waals surface area contributed by atoms with Crippen molar-refractivity contribution in [3.05, 3.63) is 22.2 Å². The number of aromatic nitrogens is 1. The minimum Gasteiger partial charge on any atom is -0.352 e. The van der Waals surface area contributed by atoms with E-state index in [1.54, 1.807) is 18.3 Å². The van der Waals surface area contributed by atoms with Gasteiger partial charge in [0.1, 0.15) is 0 Å². The zero-order valence-electron chi connectivity index (χ0n) is 12.9. The Bertz CT molecular complexity index is 645. The molecule has 1 aliphatic rings.